The van der Waals surface area contributed by atoms with E-state index in [0.29, 0.717) is 6.04 Å². The minimum absolute atomic E-state index is 0.704. The fraction of sp³-hybridized carbons (Fsp3) is 1.00. The SMILES string of the molecule is CCCC1CCCC(NC(C)CCSC)CC1. The molecule has 0 bridgehead atoms. The molecule has 0 aromatic carbocycles. The van der Waals surface area contributed by atoms with E-state index in [1.807, 2.05) is 11.8 Å². The molecule has 0 aromatic heterocycles. The van der Waals surface area contributed by atoms with E-state index in [1.165, 1.54) is 57.1 Å². The van der Waals surface area contributed by atoms with E-state index in [4.69, 9.17) is 0 Å². The minimum atomic E-state index is 0.704. The van der Waals surface area contributed by atoms with E-state index < -0.39 is 0 Å². The Morgan fingerprint density at radius 3 is 2.76 bits per heavy atom. The summed E-state index contributed by atoms with van der Waals surface area (Å²) in [5, 5.41) is 3.84. The summed E-state index contributed by atoms with van der Waals surface area (Å²) in [6, 6.07) is 1.50. The normalized spacial score (nSPS) is 27.7. The van der Waals surface area contributed by atoms with E-state index in [9.17, 15) is 0 Å². The van der Waals surface area contributed by atoms with Crippen LogP contribution in [0, 0.1) is 5.92 Å². The van der Waals surface area contributed by atoms with Crippen molar-refractivity contribution >= 4 is 11.8 Å². The zero-order valence-corrected chi connectivity index (χ0v) is 12.8. The number of thioether (sulfide) groups is 1. The molecular formula is C15H31NS. The maximum absolute atomic E-state index is 3.84. The van der Waals surface area contributed by atoms with Gasteiger partial charge in [0.25, 0.3) is 0 Å². The summed E-state index contributed by atoms with van der Waals surface area (Å²) in [7, 11) is 0. The molecule has 2 heteroatoms. The molecule has 1 rings (SSSR count). The molecule has 0 aliphatic heterocycles. The lowest BCUT2D eigenvalue weighted by Crippen LogP contribution is -2.36. The van der Waals surface area contributed by atoms with Gasteiger partial charge in [-0.15, -0.1) is 0 Å². The van der Waals surface area contributed by atoms with Crippen molar-refractivity contribution in [3.05, 3.63) is 0 Å². The van der Waals surface area contributed by atoms with Crippen LogP contribution in [0.1, 0.15) is 65.2 Å². The van der Waals surface area contributed by atoms with E-state index in [-0.39, 0.29) is 0 Å². The number of rotatable bonds is 7. The topological polar surface area (TPSA) is 12.0 Å². The summed E-state index contributed by atoms with van der Waals surface area (Å²) < 4.78 is 0. The van der Waals surface area contributed by atoms with Crippen LogP contribution in [0.15, 0.2) is 0 Å². The monoisotopic (exact) mass is 257 g/mol. The van der Waals surface area contributed by atoms with Gasteiger partial charge in [-0.25, -0.2) is 0 Å². The largest absolute Gasteiger partial charge is 0.311 e. The van der Waals surface area contributed by atoms with Gasteiger partial charge in [-0.1, -0.05) is 32.6 Å². The van der Waals surface area contributed by atoms with Crippen molar-refractivity contribution in [2.75, 3.05) is 12.0 Å². The second-order valence-corrected chi connectivity index (χ2v) is 6.69. The molecule has 0 radical (unpaired) electrons. The maximum atomic E-state index is 3.84. The third-order valence-electron chi connectivity index (χ3n) is 4.06. The van der Waals surface area contributed by atoms with E-state index in [0.717, 1.165) is 12.0 Å². The van der Waals surface area contributed by atoms with Crippen LogP contribution in [0.2, 0.25) is 0 Å². The quantitative estimate of drug-likeness (QED) is 0.676. The summed E-state index contributed by atoms with van der Waals surface area (Å²) in [5.41, 5.74) is 0. The summed E-state index contributed by atoms with van der Waals surface area (Å²) in [5.74, 6) is 2.31. The van der Waals surface area contributed by atoms with E-state index in [2.05, 4.69) is 25.4 Å². The highest BCUT2D eigenvalue weighted by atomic mass is 32.2. The van der Waals surface area contributed by atoms with Gasteiger partial charge in [0.15, 0.2) is 0 Å². The summed E-state index contributed by atoms with van der Waals surface area (Å²) in [6.07, 6.45) is 13.5. The molecule has 17 heavy (non-hydrogen) atoms. The zero-order valence-electron chi connectivity index (χ0n) is 12.0. The van der Waals surface area contributed by atoms with Gasteiger partial charge < -0.3 is 5.32 Å². The molecule has 0 saturated heterocycles. The number of hydrogen-bond donors (Lipinski definition) is 1. The molecule has 0 heterocycles. The summed E-state index contributed by atoms with van der Waals surface area (Å²) in [6.45, 7) is 4.68. The van der Waals surface area contributed by atoms with Gasteiger partial charge in [0, 0.05) is 12.1 Å². The van der Waals surface area contributed by atoms with Gasteiger partial charge in [0.05, 0.1) is 0 Å². The van der Waals surface area contributed by atoms with Crippen LogP contribution in [-0.4, -0.2) is 24.1 Å². The molecule has 102 valence electrons. The predicted molar refractivity (Wildman–Crippen MR) is 80.9 cm³/mol. The second kappa shape index (κ2) is 9.27. The van der Waals surface area contributed by atoms with Crippen LogP contribution >= 0.6 is 11.8 Å². The standard InChI is InChI=1S/C15H31NS/c1-4-6-14-7-5-8-15(10-9-14)16-13(2)11-12-17-3/h13-16H,4-12H2,1-3H3. The molecule has 1 nitrogen and oxygen atoms in total. The lowest BCUT2D eigenvalue weighted by atomic mass is 9.95. The highest BCUT2D eigenvalue weighted by Gasteiger charge is 2.19. The molecule has 1 saturated carbocycles. The van der Waals surface area contributed by atoms with Gasteiger partial charge in [-0.2, -0.15) is 11.8 Å². The van der Waals surface area contributed by atoms with Crippen LogP contribution in [0.4, 0.5) is 0 Å². The molecule has 3 atom stereocenters. The average molecular weight is 257 g/mol. The third-order valence-corrected chi connectivity index (χ3v) is 4.70. The number of nitrogens with one attached hydrogen (secondary N) is 1. The number of hydrogen-bond acceptors (Lipinski definition) is 2. The van der Waals surface area contributed by atoms with E-state index in [1.54, 1.807) is 0 Å². The van der Waals surface area contributed by atoms with Crippen molar-refractivity contribution in [2.45, 2.75) is 77.3 Å². The van der Waals surface area contributed by atoms with Crippen LogP contribution < -0.4 is 5.32 Å². The molecule has 0 spiro atoms. The fourth-order valence-corrected chi connectivity index (χ4v) is 3.61. The Morgan fingerprint density at radius 2 is 2.06 bits per heavy atom. The Labute approximate surface area is 113 Å². The minimum Gasteiger partial charge on any atom is -0.311 e. The van der Waals surface area contributed by atoms with Crippen LogP contribution in [0.3, 0.4) is 0 Å². The van der Waals surface area contributed by atoms with Crippen LogP contribution in [0.5, 0.6) is 0 Å². The zero-order chi connectivity index (χ0) is 12.5. The Balaban J connectivity index is 2.21. The fourth-order valence-electron chi connectivity index (χ4n) is 3.02. The average Bonchev–Trinajstić information content (AvgIpc) is 2.53. The maximum Gasteiger partial charge on any atom is 0.00696 e. The molecule has 3 unspecified atom stereocenters. The Morgan fingerprint density at radius 1 is 1.24 bits per heavy atom. The predicted octanol–water partition coefficient (Wildman–Crippen LogP) is 4.47. The third kappa shape index (κ3) is 6.71. The molecular weight excluding hydrogens is 226 g/mol. The Hall–Kier alpha value is 0.310. The highest BCUT2D eigenvalue weighted by molar-refractivity contribution is 7.98. The molecule has 0 amide bonds. The van der Waals surface area contributed by atoms with Gasteiger partial charge in [-0.05, 0) is 50.5 Å². The molecule has 1 aliphatic rings. The van der Waals surface area contributed by atoms with Crippen molar-refractivity contribution in [3.8, 4) is 0 Å². The first-order chi connectivity index (χ1) is 8.26. The van der Waals surface area contributed by atoms with Gasteiger partial charge in [-0.3, -0.25) is 0 Å². The van der Waals surface area contributed by atoms with Crippen molar-refractivity contribution in [1.82, 2.24) is 5.32 Å². The van der Waals surface area contributed by atoms with Crippen LogP contribution in [0.25, 0.3) is 0 Å². The van der Waals surface area contributed by atoms with Gasteiger partial charge in [0.2, 0.25) is 0 Å². The summed E-state index contributed by atoms with van der Waals surface area (Å²) in [4.78, 5) is 0. The van der Waals surface area contributed by atoms with E-state index >= 15 is 0 Å². The van der Waals surface area contributed by atoms with Gasteiger partial charge in [0.1, 0.15) is 0 Å². The van der Waals surface area contributed by atoms with Crippen molar-refractivity contribution in [3.63, 3.8) is 0 Å². The van der Waals surface area contributed by atoms with Crippen molar-refractivity contribution < 1.29 is 0 Å². The first-order valence-electron chi connectivity index (χ1n) is 7.51. The van der Waals surface area contributed by atoms with Crippen LogP contribution in [-0.2, 0) is 0 Å². The smallest absolute Gasteiger partial charge is 0.00696 e. The second-order valence-electron chi connectivity index (χ2n) is 5.71. The molecule has 1 N–H and O–H groups in total. The first kappa shape index (κ1) is 15.4. The lowest BCUT2D eigenvalue weighted by molar-refractivity contribution is 0.386. The van der Waals surface area contributed by atoms with Crippen molar-refractivity contribution in [1.29, 1.82) is 0 Å². The van der Waals surface area contributed by atoms with Crippen molar-refractivity contribution in [2.24, 2.45) is 5.92 Å². The Bertz CT molecular complexity index is 184. The first-order valence-corrected chi connectivity index (χ1v) is 8.90. The Kier molecular flexibility index (Phi) is 8.38. The van der Waals surface area contributed by atoms with Gasteiger partial charge >= 0.3 is 0 Å². The summed E-state index contributed by atoms with van der Waals surface area (Å²) >= 11 is 1.96. The molecule has 1 fully saturated rings. The highest BCUT2D eigenvalue weighted by Crippen LogP contribution is 2.27. The molecule has 1 aliphatic carbocycles. The molecule has 0 aromatic rings. The lowest BCUT2D eigenvalue weighted by Gasteiger charge is -2.22.